The second kappa shape index (κ2) is 9.38. The average molecular weight is 319 g/mol. The fraction of sp³-hybridized carbons (Fsp3) is 0.889. The van der Waals surface area contributed by atoms with Crippen LogP contribution in [0, 0.1) is 5.92 Å². The maximum absolute atomic E-state index is 4.14. The van der Waals surface area contributed by atoms with Gasteiger partial charge in [0.15, 0.2) is 0 Å². The first-order chi connectivity index (χ1) is 11.4. The zero-order chi connectivity index (χ0) is 15.7. The van der Waals surface area contributed by atoms with Gasteiger partial charge in [-0.1, -0.05) is 19.3 Å². The first kappa shape index (κ1) is 16.9. The Bertz CT molecular complexity index is 405. The number of aromatic nitrogens is 3. The van der Waals surface area contributed by atoms with E-state index in [1.165, 1.54) is 64.3 Å². The summed E-state index contributed by atoms with van der Waals surface area (Å²) < 4.78 is 1.91. The summed E-state index contributed by atoms with van der Waals surface area (Å²) in [6, 6.07) is 1.49. The third-order valence-electron chi connectivity index (χ3n) is 5.61. The number of rotatable bonds is 8. The van der Waals surface area contributed by atoms with E-state index < -0.39 is 0 Å². The van der Waals surface area contributed by atoms with Gasteiger partial charge in [-0.25, -0.2) is 4.98 Å². The minimum Gasteiger partial charge on any atom is -0.314 e. The molecule has 1 heterocycles. The van der Waals surface area contributed by atoms with E-state index in [9.17, 15) is 0 Å². The molecule has 2 N–H and O–H groups in total. The van der Waals surface area contributed by atoms with Crippen molar-refractivity contribution in [2.24, 2.45) is 5.92 Å². The van der Waals surface area contributed by atoms with E-state index in [2.05, 4.69) is 20.7 Å². The third kappa shape index (κ3) is 5.88. The van der Waals surface area contributed by atoms with Crippen LogP contribution in [0.25, 0.3) is 0 Å². The van der Waals surface area contributed by atoms with Crippen LogP contribution in [0.4, 0.5) is 0 Å². The van der Waals surface area contributed by atoms with E-state index in [4.69, 9.17) is 0 Å². The van der Waals surface area contributed by atoms with Crippen molar-refractivity contribution in [3.8, 4) is 0 Å². The van der Waals surface area contributed by atoms with Crippen LogP contribution in [0.15, 0.2) is 12.7 Å². The number of hydrogen-bond donors (Lipinski definition) is 2. The van der Waals surface area contributed by atoms with Crippen LogP contribution < -0.4 is 10.6 Å². The molecule has 2 saturated carbocycles. The lowest BCUT2D eigenvalue weighted by Crippen LogP contribution is -2.41. The highest BCUT2D eigenvalue weighted by Gasteiger charge is 2.21. The molecular weight excluding hydrogens is 286 g/mol. The van der Waals surface area contributed by atoms with Gasteiger partial charge in [-0.3, -0.25) is 4.68 Å². The van der Waals surface area contributed by atoms with Gasteiger partial charge in [0.25, 0.3) is 0 Å². The normalized spacial score (nSPS) is 26.4. The molecule has 0 spiro atoms. The summed E-state index contributed by atoms with van der Waals surface area (Å²) >= 11 is 0. The van der Waals surface area contributed by atoms with Gasteiger partial charge in [0, 0.05) is 18.6 Å². The van der Waals surface area contributed by atoms with Crippen LogP contribution in [0.5, 0.6) is 0 Å². The second-order valence-corrected chi connectivity index (χ2v) is 7.43. The van der Waals surface area contributed by atoms with Crippen molar-refractivity contribution in [2.45, 2.75) is 82.8 Å². The zero-order valence-electron chi connectivity index (χ0n) is 14.4. The number of hydrogen-bond acceptors (Lipinski definition) is 4. The van der Waals surface area contributed by atoms with Gasteiger partial charge in [-0.15, -0.1) is 0 Å². The topological polar surface area (TPSA) is 54.8 Å². The molecule has 0 saturated heterocycles. The summed E-state index contributed by atoms with van der Waals surface area (Å²) in [6.07, 6.45) is 17.1. The van der Waals surface area contributed by atoms with Gasteiger partial charge in [0.1, 0.15) is 12.7 Å². The molecule has 0 amide bonds. The van der Waals surface area contributed by atoms with Crippen LogP contribution in [0.1, 0.15) is 64.2 Å². The smallest absolute Gasteiger partial charge is 0.137 e. The Labute approximate surface area is 140 Å². The van der Waals surface area contributed by atoms with E-state index in [0.29, 0.717) is 0 Å². The van der Waals surface area contributed by atoms with Crippen molar-refractivity contribution >= 4 is 0 Å². The summed E-state index contributed by atoms with van der Waals surface area (Å²) in [5, 5.41) is 11.7. The highest BCUT2D eigenvalue weighted by molar-refractivity contribution is 4.82. The Morgan fingerprint density at radius 1 is 0.913 bits per heavy atom. The van der Waals surface area contributed by atoms with Crippen molar-refractivity contribution in [1.29, 1.82) is 0 Å². The maximum Gasteiger partial charge on any atom is 0.137 e. The number of nitrogens with one attached hydrogen (secondary N) is 2. The monoisotopic (exact) mass is 319 g/mol. The highest BCUT2D eigenvalue weighted by Crippen LogP contribution is 2.24. The van der Waals surface area contributed by atoms with Crippen molar-refractivity contribution in [2.75, 3.05) is 13.1 Å². The molecule has 1 aromatic heterocycles. The lowest BCUT2D eigenvalue weighted by atomic mass is 9.87. The standard InChI is InChI=1S/C18H33N5/c1-2-5-16(6-3-1)13-21-18-9-7-17(8-10-18)20-11-4-12-23-15-19-14-22-23/h14-18,20-21H,1-13H2. The molecule has 2 aliphatic rings. The minimum absolute atomic E-state index is 0.721. The summed E-state index contributed by atoms with van der Waals surface area (Å²) in [7, 11) is 0. The summed E-state index contributed by atoms with van der Waals surface area (Å²) in [6.45, 7) is 3.32. The fourth-order valence-corrected chi connectivity index (χ4v) is 4.12. The molecule has 1 aromatic rings. The van der Waals surface area contributed by atoms with Crippen molar-refractivity contribution in [3.63, 3.8) is 0 Å². The second-order valence-electron chi connectivity index (χ2n) is 7.43. The molecule has 5 heteroatoms. The quantitative estimate of drug-likeness (QED) is 0.724. The molecule has 130 valence electrons. The third-order valence-corrected chi connectivity index (χ3v) is 5.61. The largest absolute Gasteiger partial charge is 0.314 e. The maximum atomic E-state index is 4.14. The Morgan fingerprint density at radius 2 is 1.65 bits per heavy atom. The lowest BCUT2D eigenvalue weighted by Gasteiger charge is -2.31. The van der Waals surface area contributed by atoms with Crippen LogP contribution in [-0.2, 0) is 6.54 Å². The molecule has 23 heavy (non-hydrogen) atoms. The molecule has 0 radical (unpaired) electrons. The summed E-state index contributed by atoms with van der Waals surface area (Å²) in [4.78, 5) is 3.97. The van der Waals surface area contributed by atoms with Gasteiger partial charge in [0.05, 0.1) is 0 Å². The molecule has 0 unspecified atom stereocenters. The van der Waals surface area contributed by atoms with Crippen molar-refractivity contribution in [1.82, 2.24) is 25.4 Å². The first-order valence-corrected chi connectivity index (χ1v) is 9.69. The van der Waals surface area contributed by atoms with E-state index >= 15 is 0 Å². The van der Waals surface area contributed by atoms with E-state index in [-0.39, 0.29) is 0 Å². The number of aryl methyl sites for hydroxylation is 1. The Hall–Kier alpha value is -0.940. The summed E-state index contributed by atoms with van der Waals surface area (Å²) in [5.74, 6) is 0.955. The molecule has 0 atom stereocenters. The van der Waals surface area contributed by atoms with Gasteiger partial charge < -0.3 is 10.6 Å². The highest BCUT2D eigenvalue weighted by atomic mass is 15.3. The Balaban J connectivity index is 1.22. The summed E-state index contributed by atoms with van der Waals surface area (Å²) in [5.41, 5.74) is 0. The number of nitrogens with zero attached hydrogens (tertiary/aromatic N) is 3. The molecule has 3 rings (SSSR count). The van der Waals surface area contributed by atoms with Gasteiger partial charge in [-0.05, 0) is 64.0 Å². The Morgan fingerprint density at radius 3 is 2.35 bits per heavy atom. The van der Waals surface area contributed by atoms with Crippen molar-refractivity contribution < 1.29 is 0 Å². The molecule has 2 aliphatic carbocycles. The molecule has 0 aromatic carbocycles. The molecule has 5 nitrogen and oxygen atoms in total. The van der Waals surface area contributed by atoms with Crippen LogP contribution in [0.2, 0.25) is 0 Å². The van der Waals surface area contributed by atoms with Crippen LogP contribution >= 0.6 is 0 Å². The van der Waals surface area contributed by atoms with Crippen molar-refractivity contribution in [3.05, 3.63) is 12.7 Å². The lowest BCUT2D eigenvalue weighted by molar-refractivity contribution is 0.274. The van der Waals surface area contributed by atoms with Crippen LogP contribution in [-0.4, -0.2) is 39.9 Å². The molecule has 0 bridgehead atoms. The van der Waals surface area contributed by atoms with Crippen LogP contribution in [0.3, 0.4) is 0 Å². The van der Waals surface area contributed by atoms with E-state index in [1.54, 1.807) is 12.7 Å². The molecule has 2 fully saturated rings. The predicted molar refractivity (Wildman–Crippen MR) is 93.3 cm³/mol. The van der Waals surface area contributed by atoms with Gasteiger partial charge in [0.2, 0.25) is 0 Å². The predicted octanol–water partition coefficient (Wildman–Crippen LogP) is 2.74. The SMILES string of the molecule is c1ncn(CCCNC2CCC(NCC3CCCCC3)CC2)n1. The fourth-order valence-electron chi connectivity index (χ4n) is 4.12. The zero-order valence-corrected chi connectivity index (χ0v) is 14.4. The van der Waals surface area contributed by atoms with E-state index in [0.717, 1.165) is 37.5 Å². The average Bonchev–Trinajstić information content (AvgIpc) is 3.12. The van der Waals surface area contributed by atoms with E-state index in [1.807, 2.05) is 4.68 Å². The Kier molecular flexibility index (Phi) is 6.89. The molecule has 0 aliphatic heterocycles. The van der Waals surface area contributed by atoms with Gasteiger partial charge >= 0.3 is 0 Å². The minimum atomic E-state index is 0.721. The van der Waals surface area contributed by atoms with Gasteiger partial charge in [-0.2, -0.15) is 5.10 Å². The first-order valence-electron chi connectivity index (χ1n) is 9.69. The molecular formula is C18H33N5.